The Morgan fingerprint density at radius 2 is 1.96 bits per heavy atom. The number of fused-ring (bicyclic) bond motifs is 1. The number of non-ortho nitro benzene ring substituents is 1. The molecule has 0 spiro atoms. The monoisotopic (exact) mass is 358 g/mol. The van der Waals surface area contributed by atoms with Gasteiger partial charge in [-0.1, -0.05) is 30.3 Å². The lowest BCUT2D eigenvalue weighted by molar-refractivity contribution is -0.384. The first-order chi connectivity index (χ1) is 11.8. The summed E-state index contributed by atoms with van der Waals surface area (Å²) in [7, 11) is -1.82. The van der Waals surface area contributed by atoms with Crippen molar-refractivity contribution in [2.24, 2.45) is 0 Å². The number of rotatable bonds is 5. The zero-order valence-electron chi connectivity index (χ0n) is 14.6. The lowest BCUT2D eigenvalue weighted by Crippen LogP contribution is -2.49. The average Bonchev–Trinajstić information content (AvgIpc) is 2.56. The molecule has 132 valence electrons. The molecule has 1 atom stereocenters. The Labute approximate surface area is 148 Å². The van der Waals surface area contributed by atoms with Crippen LogP contribution in [0, 0.1) is 10.1 Å². The van der Waals surface area contributed by atoms with Gasteiger partial charge in [0.1, 0.15) is 12.4 Å². The van der Waals surface area contributed by atoms with Gasteiger partial charge in [-0.3, -0.25) is 10.1 Å². The first kappa shape index (κ1) is 17.4. The maximum atomic E-state index is 11.2. The van der Waals surface area contributed by atoms with Gasteiger partial charge in [0.15, 0.2) is 14.5 Å². The molecule has 0 radical (unpaired) electrons. The average molecular weight is 358 g/mol. The minimum atomic E-state index is -1.82. The number of anilines is 1. The highest BCUT2D eigenvalue weighted by molar-refractivity contribution is 6.69. The van der Waals surface area contributed by atoms with E-state index in [2.05, 4.69) is 24.5 Å². The van der Waals surface area contributed by atoms with Gasteiger partial charge in [0, 0.05) is 18.7 Å². The van der Waals surface area contributed by atoms with E-state index in [0.717, 1.165) is 5.56 Å². The predicted molar refractivity (Wildman–Crippen MR) is 99.4 cm³/mol. The molecule has 2 aromatic carbocycles. The van der Waals surface area contributed by atoms with E-state index >= 15 is 0 Å². The third-order valence-electron chi connectivity index (χ3n) is 3.88. The Hall–Kier alpha value is -2.38. The molecule has 1 heterocycles. The maximum absolute atomic E-state index is 11.2. The standard InChI is InChI=1S/C18H22N2O4Si/c1-25(2,3)24-18-13-23-17-10-9-15(20(21)22)11-16(17)19(18)12-14-7-5-4-6-8-14/h4-11,18H,12-13H2,1-3H3. The van der Waals surface area contributed by atoms with Crippen molar-refractivity contribution >= 4 is 19.7 Å². The number of nitro groups is 1. The molecule has 1 unspecified atom stereocenters. The summed E-state index contributed by atoms with van der Waals surface area (Å²) in [5.74, 6) is 0.650. The molecular weight excluding hydrogens is 336 g/mol. The molecule has 2 aromatic rings. The van der Waals surface area contributed by atoms with Gasteiger partial charge in [0.05, 0.1) is 10.6 Å². The quantitative estimate of drug-likeness (QED) is 0.456. The van der Waals surface area contributed by atoms with Crippen LogP contribution < -0.4 is 9.64 Å². The first-order valence-electron chi connectivity index (χ1n) is 8.23. The minimum absolute atomic E-state index is 0.0501. The zero-order valence-corrected chi connectivity index (χ0v) is 15.6. The Morgan fingerprint density at radius 1 is 1.24 bits per heavy atom. The molecule has 3 rings (SSSR count). The second-order valence-corrected chi connectivity index (χ2v) is 11.5. The van der Waals surface area contributed by atoms with E-state index < -0.39 is 8.32 Å². The molecule has 0 N–H and O–H groups in total. The summed E-state index contributed by atoms with van der Waals surface area (Å²) in [5, 5.41) is 11.2. The second-order valence-electron chi connectivity index (χ2n) is 7.02. The van der Waals surface area contributed by atoms with Crippen LogP contribution in [0.25, 0.3) is 0 Å². The summed E-state index contributed by atoms with van der Waals surface area (Å²) in [4.78, 5) is 12.9. The topological polar surface area (TPSA) is 64.8 Å². The number of nitro benzene ring substituents is 1. The largest absolute Gasteiger partial charge is 0.487 e. The van der Waals surface area contributed by atoms with Gasteiger partial charge in [0.2, 0.25) is 0 Å². The van der Waals surface area contributed by atoms with E-state index in [0.29, 0.717) is 24.6 Å². The molecule has 7 heteroatoms. The molecular formula is C18H22N2O4Si. The molecule has 0 fully saturated rings. The van der Waals surface area contributed by atoms with E-state index in [-0.39, 0.29) is 16.8 Å². The summed E-state index contributed by atoms with van der Waals surface area (Å²) < 4.78 is 12.1. The van der Waals surface area contributed by atoms with Gasteiger partial charge in [-0.25, -0.2) is 0 Å². The van der Waals surface area contributed by atoms with Crippen LogP contribution in [0.4, 0.5) is 11.4 Å². The van der Waals surface area contributed by atoms with E-state index in [1.807, 2.05) is 30.3 Å². The van der Waals surface area contributed by atoms with Crippen molar-refractivity contribution < 1.29 is 14.1 Å². The molecule has 0 aliphatic carbocycles. The minimum Gasteiger partial charge on any atom is -0.487 e. The number of hydrogen-bond donors (Lipinski definition) is 0. The number of ether oxygens (including phenoxy) is 1. The van der Waals surface area contributed by atoms with Crippen molar-refractivity contribution in [2.45, 2.75) is 32.4 Å². The third-order valence-corrected chi connectivity index (χ3v) is 4.86. The smallest absolute Gasteiger partial charge is 0.271 e. The molecule has 0 bridgehead atoms. The molecule has 0 amide bonds. The lowest BCUT2D eigenvalue weighted by Gasteiger charge is -2.41. The number of benzene rings is 2. The van der Waals surface area contributed by atoms with Crippen molar-refractivity contribution in [3.05, 3.63) is 64.2 Å². The molecule has 6 nitrogen and oxygen atoms in total. The highest BCUT2D eigenvalue weighted by Gasteiger charge is 2.33. The van der Waals surface area contributed by atoms with Crippen molar-refractivity contribution in [1.82, 2.24) is 0 Å². The maximum Gasteiger partial charge on any atom is 0.271 e. The fourth-order valence-electron chi connectivity index (χ4n) is 2.84. The normalized spacial score (nSPS) is 16.9. The lowest BCUT2D eigenvalue weighted by atomic mass is 10.1. The van der Waals surface area contributed by atoms with Crippen LogP contribution in [0.1, 0.15) is 5.56 Å². The van der Waals surface area contributed by atoms with E-state index in [4.69, 9.17) is 9.16 Å². The third kappa shape index (κ3) is 4.18. The van der Waals surface area contributed by atoms with E-state index in [1.165, 1.54) is 6.07 Å². The van der Waals surface area contributed by atoms with Crippen LogP contribution in [0.5, 0.6) is 5.75 Å². The SMILES string of the molecule is C[Si](C)(C)OC1COc2ccc([N+](=O)[O-])cc2N1Cc1ccccc1. The van der Waals surface area contributed by atoms with Gasteiger partial charge in [-0.2, -0.15) is 0 Å². The van der Waals surface area contributed by atoms with Crippen LogP contribution in [0.2, 0.25) is 19.6 Å². The van der Waals surface area contributed by atoms with Gasteiger partial charge in [0.25, 0.3) is 5.69 Å². The zero-order chi connectivity index (χ0) is 18.0. The predicted octanol–water partition coefficient (Wildman–Crippen LogP) is 4.17. The van der Waals surface area contributed by atoms with E-state index in [9.17, 15) is 10.1 Å². The van der Waals surface area contributed by atoms with Crippen LogP contribution >= 0.6 is 0 Å². The van der Waals surface area contributed by atoms with Gasteiger partial charge < -0.3 is 14.1 Å². The van der Waals surface area contributed by atoms with Gasteiger partial charge >= 0.3 is 0 Å². The molecule has 25 heavy (non-hydrogen) atoms. The Morgan fingerprint density at radius 3 is 2.60 bits per heavy atom. The molecule has 1 aliphatic heterocycles. The summed E-state index contributed by atoms with van der Waals surface area (Å²) in [6.45, 7) is 7.37. The summed E-state index contributed by atoms with van der Waals surface area (Å²) in [5.41, 5.74) is 1.87. The molecule has 0 aromatic heterocycles. The van der Waals surface area contributed by atoms with Crippen molar-refractivity contribution in [3.8, 4) is 5.75 Å². The van der Waals surface area contributed by atoms with Crippen molar-refractivity contribution in [1.29, 1.82) is 0 Å². The van der Waals surface area contributed by atoms with Gasteiger partial charge in [-0.15, -0.1) is 0 Å². The van der Waals surface area contributed by atoms with Crippen molar-refractivity contribution in [2.75, 3.05) is 11.5 Å². The highest BCUT2D eigenvalue weighted by Crippen LogP contribution is 2.38. The van der Waals surface area contributed by atoms with Crippen LogP contribution in [0.3, 0.4) is 0 Å². The van der Waals surface area contributed by atoms with Crippen LogP contribution in [-0.2, 0) is 11.0 Å². The summed E-state index contributed by atoms with van der Waals surface area (Å²) in [6, 6.07) is 14.7. The van der Waals surface area contributed by atoms with E-state index in [1.54, 1.807) is 12.1 Å². The first-order valence-corrected chi connectivity index (χ1v) is 11.6. The molecule has 0 saturated carbocycles. The number of hydrogen-bond acceptors (Lipinski definition) is 5. The van der Waals surface area contributed by atoms with Crippen LogP contribution in [0.15, 0.2) is 48.5 Å². The van der Waals surface area contributed by atoms with Gasteiger partial charge in [-0.05, 0) is 31.3 Å². The fraction of sp³-hybridized carbons (Fsp3) is 0.333. The Bertz CT molecular complexity index is 761. The summed E-state index contributed by atoms with van der Waals surface area (Å²) >= 11 is 0. The second kappa shape index (κ2) is 6.85. The number of nitrogens with zero attached hydrogens (tertiary/aromatic N) is 2. The summed E-state index contributed by atoms with van der Waals surface area (Å²) in [6.07, 6.45) is -0.263. The Balaban J connectivity index is 1.99. The fourth-order valence-corrected chi connectivity index (χ4v) is 3.86. The van der Waals surface area contributed by atoms with Crippen LogP contribution in [-0.4, -0.2) is 26.1 Å². The highest BCUT2D eigenvalue weighted by atomic mass is 28.4. The Kier molecular flexibility index (Phi) is 4.78. The molecule has 1 aliphatic rings. The van der Waals surface area contributed by atoms with Crippen molar-refractivity contribution in [3.63, 3.8) is 0 Å². The molecule has 0 saturated heterocycles.